The van der Waals surface area contributed by atoms with Crippen molar-refractivity contribution in [2.24, 2.45) is 0 Å². The van der Waals surface area contributed by atoms with Crippen LogP contribution < -0.4 is 5.32 Å². The van der Waals surface area contributed by atoms with Gasteiger partial charge in [-0.15, -0.1) is 11.8 Å². The van der Waals surface area contributed by atoms with Crippen molar-refractivity contribution in [2.45, 2.75) is 18.2 Å². The van der Waals surface area contributed by atoms with Crippen LogP contribution >= 0.6 is 27.7 Å². The van der Waals surface area contributed by atoms with E-state index in [1.807, 2.05) is 30.3 Å². The minimum absolute atomic E-state index is 0.0817. The lowest BCUT2D eigenvalue weighted by Crippen LogP contribution is -2.27. The maximum absolute atomic E-state index is 11.8. The average Bonchev–Trinajstić information content (AvgIpc) is 2.47. The lowest BCUT2D eigenvalue weighted by molar-refractivity contribution is -0.118. The van der Waals surface area contributed by atoms with Crippen molar-refractivity contribution in [2.75, 3.05) is 12.3 Å². The van der Waals surface area contributed by atoms with Crippen LogP contribution in [0.3, 0.4) is 0 Å². The van der Waals surface area contributed by atoms with E-state index in [1.54, 1.807) is 11.8 Å². The molecule has 4 heteroatoms. The number of aryl methyl sites for hydroxylation is 1. The van der Waals surface area contributed by atoms with Gasteiger partial charge in [0.25, 0.3) is 0 Å². The first-order valence-electron chi connectivity index (χ1n) is 6.85. The molecule has 21 heavy (non-hydrogen) atoms. The summed E-state index contributed by atoms with van der Waals surface area (Å²) < 4.78 is 1.07. The molecule has 0 saturated carbocycles. The van der Waals surface area contributed by atoms with Crippen molar-refractivity contribution in [3.63, 3.8) is 0 Å². The molecule has 0 aliphatic carbocycles. The molecule has 0 unspecified atom stereocenters. The molecule has 0 radical (unpaired) electrons. The minimum atomic E-state index is 0.0817. The Morgan fingerprint density at radius 1 is 1.19 bits per heavy atom. The second kappa shape index (κ2) is 8.25. The number of hydrogen-bond acceptors (Lipinski definition) is 2. The van der Waals surface area contributed by atoms with E-state index in [4.69, 9.17) is 0 Å². The highest BCUT2D eigenvalue weighted by Crippen LogP contribution is 2.24. The summed E-state index contributed by atoms with van der Waals surface area (Å²) in [6.45, 7) is 2.74. The quantitative estimate of drug-likeness (QED) is 0.778. The van der Waals surface area contributed by atoms with Gasteiger partial charge in [-0.25, -0.2) is 0 Å². The van der Waals surface area contributed by atoms with E-state index in [0.717, 1.165) is 15.8 Å². The highest BCUT2D eigenvalue weighted by Gasteiger charge is 2.05. The standard InChI is InChI=1S/C17H18BrNOS/c1-13-11-15(18)7-8-16(13)21-12-17(20)19-10-9-14-5-3-2-4-6-14/h2-8,11H,9-10,12H2,1H3,(H,19,20). The molecule has 0 aromatic heterocycles. The monoisotopic (exact) mass is 363 g/mol. The zero-order valence-electron chi connectivity index (χ0n) is 11.9. The zero-order valence-corrected chi connectivity index (χ0v) is 14.3. The highest BCUT2D eigenvalue weighted by molar-refractivity contribution is 9.10. The Morgan fingerprint density at radius 3 is 2.67 bits per heavy atom. The molecule has 0 spiro atoms. The topological polar surface area (TPSA) is 29.1 Å². The molecule has 0 atom stereocenters. The second-order valence-electron chi connectivity index (χ2n) is 4.78. The molecule has 2 aromatic rings. The maximum Gasteiger partial charge on any atom is 0.230 e. The molecule has 0 fully saturated rings. The Balaban J connectivity index is 1.72. The largest absolute Gasteiger partial charge is 0.355 e. The first-order chi connectivity index (χ1) is 10.1. The number of benzene rings is 2. The molecule has 1 amide bonds. The number of thioether (sulfide) groups is 1. The third-order valence-corrected chi connectivity index (χ3v) is 4.74. The van der Waals surface area contributed by atoms with Crippen molar-refractivity contribution in [1.29, 1.82) is 0 Å². The lowest BCUT2D eigenvalue weighted by atomic mass is 10.1. The number of carbonyl (C=O) groups excluding carboxylic acids is 1. The smallest absolute Gasteiger partial charge is 0.230 e. The summed E-state index contributed by atoms with van der Waals surface area (Å²) in [6.07, 6.45) is 0.870. The van der Waals surface area contributed by atoms with E-state index in [0.29, 0.717) is 12.3 Å². The molecule has 2 aromatic carbocycles. The molecular formula is C17H18BrNOS. The van der Waals surface area contributed by atoms with Crippen LogP contribution in [0.1, 0.15) is 11.1 Å². The molecule has 0 aliphatic rings. The Labute approximate surface area is 138 Å². The van der Waals surface area contributed by atoms with Gasteiger partial charge < -0.3 is 5.32 Å². The van der Waals surface area contributed by atoms with E-state index < -0.39 is 0 Å². The predicted octanol–water partition coefficient (Wildman–Crippen LogP) is 4.21. The van der Waals surface area contributed by atoms with Crippen LogP contribution in [0.5, 0.6) is 0 Å². The van der Waals surface area contributed by atoms with Crippen LogP contribution in [0.25, 0.3) is 0 Å². The summed E-state index contributed by atoms with van der Waals surface area (Å²) >= 11 is 5.02. The van der Waals surface area contributed by atoms with Crippen LogP contribution in [-0.4, -0.2) is 18.2 Å². The predicted molar refractivity (Wildman–Crippen MR) is 92.8 cm³/mol. The summed E-state index contributed by atoms with van der Waals surface area (Å²) in [4.78, 5) is 13.0. The van der Waals surface area contributed by atoms with Gasteiger partial charge in [0.15, 0.2) is 0 Å². The van der Waals surface area contributed by atoms with Gasteiger partial charge in [0.05, 0.1) is 5.75 Å². The average molecular weight is 364 g/mol. The fourth-order valence-electron chi connectivity index (χ4n) is 1.96. The van der Waals surface area contributed by atoms with Crippen LogP contribution in [0.2, 0.25) is 0 Å². The van der Waals surface area contributed by atoms with Crippen LogP contribution in [0.15, 0.2) is 57.9 Å². The fourth-order valence-corrected chi connectivity index (χ4v) is 3.28. The number of halogens is 1. The molecular weight excluding hydrogens is 346 g/mol. The van der Waals surface area contributed by atoms with Crippen molar-refractivity contribution < 1.29 is 4.79 Å². The number of carbonyl (C=O) groups is 1. The molecule has 2 nitrogen and oxygen atoms in total. The molecule has 0 heterocycles. The van der Waals surface area contributed by atoms with E-state index >= 15 is 0 Å². The molecule has 110 valence electrons. The van der Waals surface area contributed by atoms with E-state index in [2.05, 4.69) is 46.4 Å². The Hall–Kier alpha value is -1.26. The zero-order chi connectivity index (χ0) is 15.1. The second-order valence-corrected chi connectivity index (χ2v) is 6.72. The number of amides is 1. The molecule has 0 bridgehead atoms. The summed E-state index contributed by atoms with van der Waals surface area (Å²) in [5.41, 5.74) is 2.43. The first kappa shape index (κ1) is 16.1. The van der Waals surface area contributed by atoms with E-state index in [-0.39, 0.29) is 5.91 Å². The lowest BCUT2D eigenvalue weighted by Gasteiger charge is -2.07. The van der Waals surface area contributed by atoms with E-state index in [9.17, 15) is 4.79 Å². The fraction of sp³-hybridized carbons (Fsp3) is 0.235. The maximum atomic E-state index is 11.8. The number of nitrogens with one attached hydrogen (secondary N) is 1. The normalized spacial score (nSPS) is 10.4. The van der Waals surface area contributed by atoms with Crippen LogP contribution in [-0.2, 0) is 11.2 Å². The SMILES string of the molecule is Cc1cc(Br)ccc1SCC(=O)NCCc1ccccc1. The van der Waals surface area contributed by atoms with Gasteiger partial charge in [0.2, 0.25) is 5.91 Å². The van der Waals surface area contributed by atoms with Gasteiger partial charge >= 0.3 is 0 Å². The summed E-state index contributed by atoms with van der Waals surface area (Å²) in [5, 5.41) is 2.96. The number of rotatable bonds is 6. The molecule has 2 rings (SSSR count). The molecule has 0 aliphatic heterocycles. The van der Waals surface area contributed by atoms with Gasteiger partial charge in [-0.05, 0) is 42.7 Å². The van der Waals surface area contributed by atoms with Crippen molar-refractivity contribution in [3.8, 4) is 0 Å². The molecule has 1 N–H and O–H groups in total. The van der Waals surface area contributed by atoms with Gasteiger partial charge in [-0.3, -0.25) is 4.79 Å². The highest BCUT2D eigenvalue weighted by atomic mass is 79.9. The van der Waals surface area contributed by atoms with Crippen LogP contribution in [0.4, 0.5) is 0 Å². The summed E-state index contributed by atoms with van der Waals surface area (Å²) in [7, 11) is 0. The summed E-state index contributed by atoms with van der Waals surface area (Å²) in [6, 6.07) is 16.3. The Morgan fingerprint density at radius 2 is 1.95 bits per heavy atom. The summed E-state index contributed by atoms with van der Waals surface area (Å²) in [5.74, 6) is 0.537. The van der Waals surface area contributed by atoms with Gasteiger partial charge in [0.1, 0.15) is 0 Å². The number of hydrogen-bond donors (Lipinski definition) is 1. The van der Waals surface area contributed by atoms with E-state index in [1.165, 1.54) is 11.1 Å². The minimum Gasteiger partial charge on any atom is -0.355 e. The first-order valence-corrected chi connectivity index (χ1v) is 8.62. The van der Waals surface area contributed by atoms with Crippen LogP contribution in [0, 0.1) is 6.92 Å². The van der Waals surface area contributed by atoms with Gasteiger partial charge in [-0.2, -0.15) is 0 Å². The van der Waals surface area contributed by atoms with Crippen molar-refractivity contribution in [3.05, 3.63) is 64.1 Å². The third kappa shape index (κ3) is 5.56. The van der Waals surface area contributed by atoms with Gasteiger partial charge in [-0.1, -0.05) is 46.3 Å². The Kier molecular flexibility index (Phi) is 6.33. The Bertz CT molecular complexity index is 601. The van der Waals surface area contributed by atoms with Crippen molar-refractivity contribution >= 4 is 33.6 Å². The van der Waals surface area contributed by atoms with Gasteiger partial charge in [0, 0.05) is 15.9 Å². The van der Waals surface area contributed by atoms with Crippen molar-refractivity contribution in [1.82, 2.24) is 5.32 Å². The third-order valence-electron chi connectivity index (χ3n) is 3.07. The molecule has 0 saturated heterocycles.